The molecule has 1 aliphatic rings. The van der Waals surface area contributed by atoms with Crippen molar-refractivity contribution in [2.75, 3.05) is 45.1 Å². The number of nitrogens with zero attached hydrogens (tertiary/aromatic N) is 8. The van der Waals surface area contributed by atoms with Gasteiger partial charge in [-0.2, -0.15) is 0 Å². The first kappa shape index (κ1) is 58.2. The molecule has 0 aromatic carbocycles. The van der Waals surface area contributed by atoms with Crippen LogP contribution in [0.5, 0.6) is 0 Å². The maximum absolute atomic E-state index is 14.0. The second kappa shape index (κ2) is 29.8. The number of primary amides is 1. The lowest BCUT2D eigenvalue weighted by molar-refractivity contribution is -0.134. The number of amides is 6. The van der Waals surface area contributed by atoms with Crippen LogP contribution in [-0.2, 0) is 33.4 Å². The van der Waals surface area contributed by atoms with Gasteiger partial charge in [-0.05, 0) is 57.8 Å². The summed E-state index contributed by atoms with van der Waals surface area (Å²) < 4.78 is 12.3. The fourth-order valence-electron chi connectivity index (χ4n) is 6.99. The second-order valence-corrected chi connectivity index (χ2v) is 16.3. The number of aliphatic imine (C=N–C) groups is 4. The third kappa shape index (κ3) is 20.1. The molecule has 2 aromatic rings. The number of anilines is 1. The maximum atomic E-state index is 14.0. The zero-order chi connectivity index (χ0) is 53.3. The third-order valence-corrected chi connectivity index (χ3v) is 10.6. The number of aliphatic hydroxyl groups is 2. The number of rotatable bonds is 31. The average Bonchev–Trinajstić information content (AvgIpc) is 3.87. The van der Waals surface area contributed by atoms with Crippen LogP contribution in [0, 0.1) is 0 Å². The number of imidazole rings is 1. The molecule has 8 atom stereocenters. The molecule has 400 valence electrons. The minimum absolute atomic E-state index is 0.00171. The van der Waals surface area contributed by atoms with E-state index in [1.165, 1.54) is 17.2 Å². The molecular weight excluding hydrogens is 951 g/mol. The number of nitrogens with one attached hydrogen (secondary N) is 5. The number of hydrogen-bond acceptors (Lipinski definition) is 18. The predicted octanol–water partition coefficient (Wildman–Crippen LogP) is -7.83. The molecule has 3 heterocycles. The number of guanidine groups is 4. The van der Waals surface area contributed by atoms with Gasteiger partial charge in [0.2, 0.25) is 29.5 Å². The minimum Gasteiger partial charge on any atom is -0.447 e. The van der Waals surface area contributed by atoms with Crippen molar-refractivity contribution >= 4 is 76.4 Å². The number of fused-ring (bicyclic) bond motifs is 1. The lowest BCUT2D eigenvalue weighted by atomic mass is 10.0. The van der Waals surface area contributed by atoms with E-state index >= 15 is 0 Å². The largest absolute Gasteiger partial charge is 0.447 e. The average molecular weight is 1020 g/mol. The fourth-order valence-corrected chi connectivity index (χ4v) is 6.99. The van der Waals surface area contributed by atoms with Crippen molar-refractivity contribution in [3.63, 3.8) is 0 Å². The van der Waals surface area contributed by atoms with E-state index in [9.17, 15) is 39.0 Å². The number of ether oxygens (including phenoxy) is 2. The monoisotopic (exact) mass is 1020 g/mol. The molecule has 72 heavy (non-hydrogen) atoms. The number of aliphatic hydroxyl groups excluding tert-OH is 2. The molecule has 0 unspecified atom stereocenters. The summed E-state index contributed by atoms with van der Waals surface area (Å²) in [5, 5.41) is 34.3. The Morgan fingerprint density at radius 1 is 0.639 bits per heavy atom. The van der Waals surface area contributed by atoms with E-state index in [4.69, 9.17) is 66.8 Å². The standard InChI is InChI=1S/C39H69N23O10/c40-28-25-30(56-17-55-28)62(18-57-25)34-27(65)26(64)23(72-34)16-71-39(70)54-15-5-10-24(63)58-20(7-2-12-51-36(44)45)31(67)60-22(9-4-14-53-38(48)49)33(69)61-21(8-3-13-52-37(46)47)32(68)59-19(29(41)66)6-1-11-50-35(42)43/h17-23,26-27,34,64-65H,1-16H2,(H2,41,66)(H,54,70)(H,58,63)(H,59,68)(H,60,67)(H,61,69)(H2,40,55,56)(H4,42,43,50)(H4,44,45,51)(H4,46,47,52)(H4,48,49,53)/t19-,20-,21-,22-,23+,26+,27+,34+/m0/s1. The molecule has 0 saturated carbocycles. The molecular formula is C39H69N23O10. The Hall–Kier alpha value is -8.07. The topological polar surface area (TPSA) is 575 Å². The summed E-state index contributed by atoms with van der Waals surface area (Å²) in [6.07, 6.45) is -2.90. The normalized spacial score (nSPS) is 17.7. The molecule has 0 spiro atoms. The highest BCUT2D eigenvalue weighted by Crippen LogP contribution is 2.32. The lowest BCUT2D eigenvalue weighted by Gasteiger charge is -2.26. The van der Waals surface area contributed by atoms with Crippen LogP contribution in [0.4, 0.5) is 10.6 Å². The van der Waals surface area contributed by atoms with Crippen LogP contribution < -0.4 is 83.9 Å². The Balaban J connectivity index is 1.66. The zero-order valence-electron chi connectivity index (χ0n) is 39.6. The number of carbonyl (C=O) groups is 6. The van der Waals surface area contributed by atoms with Gasteiger partial charge >= 0.3 is 6.09 Å². The molecule has 27 N–H and O–H groups in total. The second-order valence-electron chi connectivity index (χ2n) is 16.3. The van der Waals surface area contributed by atoms with Crippen LogP contribution in [0.1, 0.15) is 70.4 Å². The van der Waals surface area contributed by atoms with E-state index < -0.39 is 90.9 Å². The summed E-state index contributed by atoms with van der Waals surface area (Å²) in [5.74, 6) is -4.54. The van der Waals surface area contributed by atoms with Gasteiger partial charge in [0.25, 0.3) is 0 Å². The summed E-state index contributed by atoms with van der Waals surface area (Å²) in [4.78, 5) is 107. The molecule has 1 fully saturated rings. The van der Waals surface area contributed by atoms with Crippen molar-refractivity contribution < 1.29 is 48.5 Å². The third-order valence-electron chi connectivity index (χ3n) is 10.6. The minimum atomic E-state index is -1.46. The molecule has 1 aliphatic heterocycles. The molecule has 0 aliphatic carbocycles. The van der Waals surface area contributed by atoms with Crippen LogP contribution >= 0.6 is 0 Å². The fraction of sp³-hybridized carbons (Fsp3) is 0.615. The molecule has 33 heteroatoms. The predicted molar refractivity (Wildman–Crippen MR) is 261 cm³/mol. The highest BCUT2D eigenvalue weighted by molar-refractivity contribution is 5.95. The van der Waals surface area contributed by atoms with Crippen molar-refractivity contribution in [3.8, 4) is 0 Å². The van der Waals surface area contributed by atoms with Gasteiger partial charge in [0.1, 0.15) is 60.9 Å². The Kier molecular flexibility index (Phi) is 24.1. The van der Waals surface area contributed by atoms with E-state index in [1.807, 2.05) is 0 Å². The molecule has 6 amide bonds. The number of aromatic nitrogens is 4. The van der Waals surface area contributed by atoms with E-state index in [0.29, 0.717) is 0 Å². The maximum Gasteiger partial charge on any atom is 0.407 e. The molecule has 3 rings (SSSR count). The van der Waals surface area contributed by atoms with Gasteiger partial charge in [-0.3, -0.25) is 48.5 Å². The van der Waals surface area contributed by atoms with E-state index in [2.05, 4.69) is 61.5 Å². The van der Waals surface area contributed by atoms with Crippen molar-refractivity contribution in [3.05, 3.63) is 12.7 Å². The number of nitrogens with two attached hydrogens (primary N) is 10. The smallest absolute Gasteiger partial charge is 0.407 e. The first-order chi connectivity index (χ1) is 34.2. The van der Waals surface area contributed by atoms with Crippen LogP contribution in [0.25, 0.3) is 11.2 Å². The quantitative estimate of drug-likeness (QED) is 0.0189. The van der Waals surface area contributed by atoms with E-state index in [-0.39, 0.29) is 138 Å². The van der Waals surface area contributed by atoms with Crippen LogP contribution in [-0.4, -0.2) is 171 Å². The van der Waals surface area contributed by atoms with Crippen LogP contribution in [0.3, 0.4) is 0 Å². The SMILES string of the molecule is NC(=O)[C@H](CCCN=C(N)N)NC(=O)[C@H](CCCN=C(N)N)NC(=O)[C@H](CCCN=C(N)N)NC(=O)[C@H](CCCN=C(N)N)NC(=O)CCCNC(=O)OC[C@H]1O[C@@H](n2cnc3c(N)ncnc32)[C@H](O)[C@@H]1O. The van der Waals surface area contributed by atoms with Gasteiger partial charge in [-0.1, -0.05) is 0 Å². The molecule has 33 nitrogen and oxygen atoms in total. The Labute approximate surface area is 412 Å². The Morgan fingerprint density at radius 3 is 1.57 bits per heavy atom. The zero-order valence-corrected chi connectivity index (χ0v) is 39.6. The number of nitrogen functional groups attached to an aromatic ring is 1. The lowest BCUT2D eigenvalue weighted by Crippen LogP contribution is -2.58. The van der Waals surface area contributed by atoms with Gasteiger partial charge < -0.3 is 104 Å². The summed E-state index contributed by atoms with van der Waals surface area (Å²) in [5.41, 5.74) is 55.4. The van der Waals surface area contributed by atoms with E-state index in [1.54, 1.807) is 0 Å². The Morgan fingerprint density at radius 2 is 1.10 bits per heavy atom. The van der Waals surface area contributed by atoms with Crippen molar-refractivity contribution in [2.24, 2.45) is 71.6 Å². The van der Waals surface area contributed by atoms with Crippen LogP contribution in [0.2, 0.25) is 0 Å². The summed E-state index contributed by atoms with van der Waals surface area (Å²) in [6.45, 7) is -0.159. The van der Waals surface area contributed by atoms with Gasteiger partial charge in [-0.15, -0.1) is 0 Å². The van der Waals surface area contributed by atoms with Crippen molar-refractivity contribution in [2.45, 2.75) is 113 Å². The molecule has 0 bridgehead atoms. The van der Waals surface area contributed by atoms with E-state index in [0.717, 1.165) is 0 Å². The molecule has 0 radical (unpaired) electrons. The molecule has 1 saturated heterocycles. The van der Waals surface area contributed by atoms with Gasteiger partial charge in [0, 0.05) is 39.1 Å². The first-order valence-electron chi connectivity index (χ1n) is 22.7. The van der Waals surface area contributed by atoms with Crippen molar-refractivity contribution in [1.29, 1.82) is 0 Å². The van der Waals surface area contributed by atoms with Crippen molar-refractivity contribution in [1.82, 2.24) is 46.1 Å². The highest BCUT2D eigenvalue weighted by atomic mass is 16.6. The van der Waals surface area contributed by atoms with Gasteiger partial charge in [-0.25, -0.2) is 19.7 Å². The Bertz CT molecular complexity index is 2240. The molecule has 2 aromatic heterocycles. The highest BCUT2D eigenvalue weighted by Gasteiger charge is 2.45. The number of carbonyl (C=O) groups excluding carboxylic acids is 6. The number of hydrogen-bond donors (Lipinski definition) is 17. The summed E-state index contributed by atoms with van der Waals surface area (Å²) in [6, 6.07) is -5.04. The summed E-state index contributed by atoms with van der Waals surface area (Å²) in [7, 11) is 0. The van der Waals surface area contributed by atoms with Gasteiger partial charge in [0.05, 0.1) is 6.33 Å². The summed E-state index contributed by atoms with van der Waals surface area (Å²) >= 11 is 0. The van der Waals surface area contributed by atoms with Gasteiger partial charge in [0.15, 0.2) is 41.5 Å². The number of alkyl carbamates (subject to hydrolysis) is 1. The van der Waals surface area contributed by atoms with Crippen LogP contribution in [0.15, 0.2) is 32.6 Å². The first-order valence-corrected chi connectivity index (χ1v) is 22.7.